The smallest absolute Gasteiger partial charge is 0.161 e. The second-order valence-corrected chi connectivity index (χ2v) is 23.7. The fourth-order valence-corrected chi connectivity index (χ4v) is 18.7. The molecule has 308 valence electrons. The zero-order valence-corrected chi connectivity index (χ0v) is 39.3. The normalized spacial score (nSPS) is 18.5. The fraction of sp³-hybridized carbons (Fsp3) is 0.464. The van der Waals surface area contributed by atoms with Gasteiger partial charge in [0, 0.05) is 0 Å². The fourth-order valence-electron chi connectivity index (χ4n) is 11.0. The molecule has 0 saturated heterocycles. The monoisotopic (exact) mass is 852 g/mol. The molecule has 0 spiro atoms. The predicted octanol–water partition coefficient (Wildman–Crippen LogP) is 16.1. The first-order valence-electron chi connectivity index (χ1n) is 23.7. The van der Waals surface area contributed by atoms with Gasteiger partial charge in [-0.3, -0.25) is 0 Å². The Kier molecular flexibility index (Phi) is 18.0. The molecule has 3 heteroatoms. The van der Waals surface area contributed by atoms with E-state index in [1.54, 1.807) is 10.6 Å². The maximum atomic E-state index is 2.55. The molecule has 4 aliphatic carbocycles. The minimum absolute atomic E-state index is 0. The molecule has 0 radical (unpaired) electrons. The Morgan fingerprint density at radius 1 is 0.356 bits per heavy atom. The minimum Gasteiger partial charge on any atom is -0.161 e. The van der Waals surface area contributed by atoms with Gasteiger partial charge in [-0.05, 0) is 98.0 Å². The van der Waals surface area contributed by atoms with Gasteiger partial charge >= 0.3 is 21.7 Å². The first-order valence-corrected chi connectivity index (χ1v) is 26.7. The zero-order chi connectivity index (χ0) is 39.2. The summed E-state index contributed by atoms with van der Waals surface area (Å²) >= 11 is 0. The van der Waals surface area contributed by atoms with Gasteiger partial charge in [-0.15, -0.1) is 80.7 Å². The van der Waals surface area contributed by atoms with Gasteiger partial charge in [-0.1, -0.05) is 166 Å². The van der Waals surface area contributed by atoms with E-state index >= 15 is 0 Å². The van der Waals surface area contributed by atoms with Gasteiger partial charge in [0.2, 0.25) is 0 Å². The van der Waals surface area contributed by atoms with Crippen molar-refractivity contribution in [1.29, 1.82) is 0 Å². The van der Waals surface area contributed by atoms with Crippen LogP contribution < -0.4 is 10.6 Å². The molecule has 6 aromatic rings. The van der Waals surface area contributed by atoms with E-state index in [0.29, 0.717) is 0 Å². The van der Waals surface area contributed by atoms with Crippen molar-refractivity contribution in [3.8, 4) is 0 Å². The number of benzene rings is 4. The molecule has 0 aliphatic heterocycles. The van der Waals surface area contributed by atoms with Gasteiger partial charge in [0.25, 0.3) is 0 Å². The van der Waals surface area contributed by atoms with Crippen LogP contribution in [0, 0.1) is 0 Å². The largest absolute Gasteiger partial charge is 2.00 e. The standard InChI is InChI=1S/2C21H28P.C14H14.Ti/c2*1-3-11-19(12-4-1)22(20-13-5-2-6-14-20)21-15-17-9-7-8-10-18(17)16-21;1-3-7-13(8-4-1)11-12-14-9-5-2-6-10-14;/h2*7-10,15-16,19-20H,1-6,11-14H2;1-10H,11-12H2;/q2*-1;;+2. The van der Waals surface area contributed by atoms with Crippen LogP contribution in [-0.2, 0) is 34.6 Å². The number of hydrogen-bond donors (Lipinski definition) is 0. The predicted molar refractivity (Wildman–Crippen MR) is 260 cm³/mol. The number of aryl methyl sites for hydroxylation is 2. The van der Waals surface area contributed by atoms with E-state index in [1.807, 2.05) is 0 Å². The second-order valence-electron chi connectivity index (χ2n) is 18.1. The number of hydrogen-bond acceptors (Lipinski definition) is 0. The van der Waals surface area contributed by atoms with Crippen molar-refractivity contribution in [1.82, 2.24) is 0 Å². The molecular formula is C56H70P2Ti. The summed E-state index contributed by atoms with van der Waals surface area (Å²) in [5.41, 5.74) is 6.90. The van der Waals surface area contributed by atoms with E-state index in [1.165, 1.54) is 161 Å². The molecule has 6 aromatic carbocycles. The third-order valence-corrected chi connectivity index (χ3v) is 21.0. The van der Waals surface area contributed by atoms with E-state index in [2.05, 4.69) is 133 Å². The molecule has 0 heterocycles. The van der Waals surface area contributed by atoms with Crippen LogP contribution in [0.4, 0.5) is 0 Å². The van der Waals surface area contributed by atoms with E-state index in [-0.39, 0.29) is 37.6 Å². The molecule has 4 aliphatic rings. The molecule has 0 unspecified atom stereocenters. The van der Waals surface area contributed by atoms with Crippen LogP contribution in [-0.4, -0.2) is 22.6 Å². The molecular weight excluding hydrogens is 782 g/mol. The molecule has 4 saturated carbocycles. The van der Waals surface area contributed by atoms with Crippen LogP contribution in [0.1, 0.15) is 140 Å². The van der Waals surface area contributed by atoms with E-state index < -0.39 is 0 Å². The van der Waals surface area contributed by atoms with Crippen LogP contribution in [0.3, 0.4) is 0 Å². The third-order valence-electron chi connectivity index (χ3n) is 14.1. The Labute approximate surface area is 375 Å². The van der Waals surface area contributed by atoms with Crippen LogP contribution in [0.15, 0.2) is 133 Å². The van der Waals surface area contributed by atoms with Gasteiger partial charge < -0.3 is 0 Å². The van der Waals surface area contributed by atoms with Crippen molar-refractivity contribution in [2.75, 3.05) is 0 Å². The van der Waals surface area contributed by atoms with Gasteiger partial charge in [-0.2, -0.15) is 12.1 Å². The van der Waals surface area contributed by atoms with E-state index in [4.69, 9.17) is 0 Å². The molecule has 0 bridgehead atoms. The Hall–Kier alpha value is -2.33. The average Bonchev–Trinajstić information content (AvgIpc) is 3.93. The maximum Gasteiger partial charge on any atom is 2.00 e. The Morgan fingerprint density at radius 2 is 0.644 bits per heavy atom. The molecule has 0 amide bonds. The van der Waals surface area contributed by atoms with Crippen molar-refractivity contribution >= 4 is 48.0 Å². The average molecular weight is 853 g/mol. The zero-order valence-electron chi connectivity index (χ0n) is 36.0. The summed E-state index contributed by atoms with van der Waals surface area (Å²) in [5.74, 6) is 0. The summed E-state index contributed by atoms with van der Waals surface area (Å²) in [7, 11) is 0.122. The molecule has 0 aromatic heterocycles. The van der Waals surface area contributed by atoms with Gasteiger partial charge in [0.15, 0.2) is 0 Å². The SMILES string of the molecule is [Ti+2].c1ccc(CCc2ccccc2)cc1.c1ccc2[cH-]c(P(C3CCCCC3)C3CCCCC3)cc2c1.c1ccc2[cH-]c(P(C3CCCCC3)C3CCCCC3)cc2c1. The van der Waals surface area contributed by atoms with Crippen molar-refractivity contribution < 1.29 is 21.7 Å². The maximum absolute atomic E-state index is 2.55. The molecule has 59 heavy (non-hydrogen) atoms. The molecule has 10 rings (SSSR count). The van der Waals surface area contributed by atoms with Crippen LogP contribution in [0.5, 0.6) is 0 Å². The first-order chi connectivity index (χ1) is 28.8. The molecule has 4 fully saturated rings. The summed E-state index contributed by atoms with van der Waals surface area (Å²) in [6, 6.07) is 49.4. The molecule has 0 nitrogen and oxygen atoms in total. The topological polar surface area (TPSA) is 0 Å². The number of fused-ring (bicyclic) bond motifs is 2. The molecule has 0 atom stereocenters. The van der Waals surface area contributed by atoms with E-state index in [0.717, 1.165) is 35.5 Å². The Balaban J connectivity index is 0.000000137. The van der Waals surface area contributed by atoms with Crippen LogP contribution in [0.2, 0.25) is 0 Å². The van der Waals surface area contributed by atoms with Crippen molar-refractivity contribution in [2.24, 2.45) is 0 Å². The summed E-state index contributed by atoms with van der Waals surface area (Å²) < 4.78 is 0. The Bertz CT molecular complexity index is 1790. The summed E-state index contributed by atoms with van der Waals surface area (Å²) in [6.07, 6.45) is 32.1. The molecule has 0 N–H and O–H groups in total. The first kappa shape index (κ1) is 44.7. The van der Waals surface area contributed by atoms with Gasteiger partial charge in [0.05, 0.1) is 0 Å². The van der Waals surface area contributed by atoms with Gasteiger partial charge in [-0.25, -0.2) is 0 Å². The van der Waals surface area contributed by atoms with Gasteiger partial charge in [0.1, 0.15) is 0 Å². The second kappa shape index (κ2) is 23.8. The third kappa shape index (κ3) is 12.6. The summed E-state index contributed by atoms with van der Waals surface area (Å²) in [4.78, 5) is 0. The van der Waals surface area contributed by atoms with Crippen molar-refractivity contribution in [3.05, 3.63) is 145 Å². The summed E-state index contributed by atoms with van der Waals surface area (Å²) in [5, 5.41) is 9.34. The van der Waals surface area contributed by atoms with Crippen molar-refractivity contribution in [3.63, 3.8) is 0 Å². The van der Waals surface area contributed by atoms with Crippen LogP contribution in [0.25, 0.3) is 21.5 Å². The summed E-state index contributed by atoms with van der Waals surface area (Å²) in [6.45, 7) is 0. The van der Waals surface area contributed by atoms with Crippen LogP contribution >= 0.6 is 15.8 Å². The quantitative estimate of drug-likeness (QED) is 0.0772. The van der Waals surface area contributed by atoms with E-state index in [9.17, 15) is 0 Å². The minimum atomic E-state index is 0. The van der Waals surface area contributed by atoms with Crippen molar-refractivity contribution in [2.45, 2.75) is 164 Å². The number of rotatable bonds is 9. The Morgan fingerprint density at radius 3 is 0.949 bits per heavy atom.